The number of benzene rings is 1. The zero-order valence-electron chi connectivity index (χ0n) is 10.9. The summed E-state index contributed by atoms with van der Waals surface area (Å²) in [5.74, 6) is 0. The van der Waals surface area contributed by atoms with Gasteiger partial charge in [-0.05, 0) is 26.0 Å². The molecule has 1 unspecified atom stereocenters. The first-order valence-corrected chi connectivity index (χ1v) is 8.53. The second-order valence-corrected chi connectivity index (χ2v) is 7.15. The molecule has 0 bridgehead atoms. The average Bonchev–Trinajstić information content (AvgIpc) is 2.70. The molecule has 3 N–H and O–H groups in total. The third kappa shape index (κ3) is 3.77. The summed E-state index contributed by atoms with van der Waals surface area (Å²) in [5.41, 5.74) is 1.72. The van der Waals surface area contributed by atoms with Crippen LogP contribution in [0.4, 0.5) is 0 Å². The molecule has 0 aliphatic carbocycles. The summed E-state index contributed by atoms with van der Waals surface area (Å²) in [4.78, 5) is 5.30. The van der Waals surface area contributed by atoms with Crippen LogP contribution in [0.15, 0.2) is 24.3 Å². The van der Waals surface area contributed by atoms with Crippen molar-refractivity contribution in [2.45, 2.75) is 19.9 Å². The first-order chi connectivity index (χ1) is 9.26. The third-order valence-electron chi connectivity index (χ3n) is 2.66. The van der Waals surface area contributed by atoms with E-state index in [-0.39, 0.29) is 0 Å². The smallest absolute Gasteiger partial charge is 0.241 e. The van der Waals surface area contributed by atoms with Crippen LogP contribution in [0.2, 0.25) is 5.02 Å². The lowest BCUT2D eigenvalue weighted by Gasteiger charge is -2.09. The average molecular weight is 332 g/mol. The fourth-order valence-electron chi connectivity index (χ4n) is 1.83. The van der Waals surface area contributed by atoms with Crippen LogP contribution in [0.3, 0.4) is 0 Å². The van der Waals surface area contributed by atoms with E-state index < -0.39 is 16.3 Å². The van der Waals surface area contributed by atoms with Crippen LogP contribution < -0.4 is 9.86 Å². The van der Waals surface area contributed by atoms with Gasteiger partial charge in [-0.3, -0.25) is 0 Å². The molecule has 0 amide bonds. The van der Waals surface area contributed by atoms with Gasteiger partial charge in [0.15, 0.2) is 0 Å². The Morgan fingerprint density at radius 1 is 1.35 bits per heavy atom. The topological polar surface area (TPSA) is 85.1 Å². The molecular weight excluding hydrogens is 318 g/mol. The molecule has 0 spiro atoms. The number of rotatable bonds is 4. The summed E-state index contributed by atoms with van der Waals surface area (Å²) in [6, 6.07) is 6.92. The highest BCUT2D eigenvalue weighted by molar-refractivity contribution is 7.87. The minimum Gasteiger partial charge on any atom is -0.241 e. The molecule has 0 radical (unpaired) electrons. The summed E-state index contributed by atoms with van der Waals surface area (Å²) in [6.45, 7) is 3.57. The van der Waals surface area contributed by atoms with Crippen LogP contribution in [0.5, 0.6) is 0 Å². The summed E-state index contributed by atoms with van der Waals surface area (Å²) in [6.07, 6.45) is 0. The van der Waals surface area contributed by atoms with Crippen molar-refractivity contribution in [1.29, 1.82) is 0 Å². The Kier molecular flexibility index (Phi) is 4.46. The SMILES string of the molecule is Cc1nc(-c2ccc(Cl)cc2)sc1C(C)NS(N)(=O)=O. The molecule has 0 saturated heterocycles. The molecule has 2 rings (SSSR count). The van der Waals surface area contributed by atoms with Gasteiger partial charge in [0, 0.05) is 15.5 Å². The number of hydrogen-bond acceptors (Lipinski definition) is 4. The minimum atomic E-state index is -3.74. The third-order valence-corrected chi connectivity index (χ3v) is 4.98. The van der Waals surface area contributed by atoms with Gasteiger partial charge in [0.1, 0.15) is 5.01 Å². The molecule has 0 aliphatic rings. The summed E-state index contributed by atoms with van der Waals surface area (Å²) >= 11 is 7.28. The molecule has 0 fully saturated rings. The van der Waals surface area contributed by atoms with Gasteiger partial charge in [0.2, 0.25) is 0 Å². The maximum atomic E-state index is 11.1. The maximum Gasteiger partial charge on any atom is 0.274 e. The van der Waals surface area contributed by atoms with Gasteiger partial charge in [-0.2, -0.15) is 13.1 Å². The molecule has 1 aromatic heterocycles. The lowest BCUT2D eigenvalue weighted by molar-refractivity contribution is 0.569. The van der Waals surface area contributed by atoms with Crippen LogP contribution in [-0.4, -0.2) is 13.4 Å². The van der Waals surface area contributed by atoms with Crippen molar-refractivity contribution in [2.75, 3.05) is 0 Å². The molecule has 1 aromatic carbocycles. The monoisotopic (exact) mass is 331 g/mol. The molecule has 1 atom stereocenters. The summed E-state index contributed by atoms with van der Waals surface area (Å²) in [7, 11) is -3.74. The Hall–Kier alpha value is -0.990. The van der Waals surface area contributed by atoms with Crippen LogP contribution in [0.1, 0.15) is 23.5 Å². The number of thiazole rings is 1. The van der Waals surface area contributed by atoms with E-state index in [0.29, 0.717) is 5.02 Å². The van der Waals surface area contributed by atoms with Crippen LogP contribution in [-0.2, 0) is 10.2 Å². The van der Waals surface area contributed by atoms with E-state index in [0.717, 1.165) is 21.1 Å². The molecule has 2 aromatic rings. The van der Waals surface area contributed by atoms with E-state index in [1.54, 1.807) is 19.1 Å². The van der Waals surface area contributed by atoms with Crippen molar-refractivity contribution in [1.82, 2.24) is 9.71 Å². The number of nitrogens with zero attached hydrogens (tertiary/aromatic N) is 1. The molecule has 1 heterocycles. The molecule has 20 heavy (non-hydrogen) atoms. The Morgan fingerprint density at radius 3 is 2.50 bits per heavy atom. The second kappa shape index (κ2) is 5.79. The van der Waals surface area contributed by atoms with Crippen LogP contribution in [0.25, 0.3) is 10.6 Å². The van der Waals surface area contributed by atoms with Gasteiger partial charge in [-0.25, -0.2) is 10.1 Å². The van der Waals surface area contributed by atoms with E-state index in [4.69, 9.17) is 16.7 Å². The highest BCUT2D eigenvalue weighted by Crippen LogP contribution is 2.32. The lowest BCUT2D eigenvalue weighted by Crippen LogP contribution is -2.32. The van der Waals surface area contributed by atoms with Gasteiger partial charge in [-0.15, -0.1) is 11.3 Å². The van der Waals surface area contributed by atoms with Crippen molar-refractivity contribution in [3.8, 4) is 10.6 Å². The molecule has 5 nitrogen and oxygen atoms in total. The van der Waals surface area contributed by atoms with E-state index in [2.05, 4.69) is 9.71 Å². The highest BCUT2D eigenvalue weighted by atomic mass is 35.5. The Labute approximate surface area is 127 Å². The van der Waals surface area contributed by atoms with E-state index >= 15 is 0 Å². The van der Waals surface area contributed by atoms with E-state index in [9.17, 15) is 8.42 Å². The standard InChI is InChI=1S/C12H14ClN3O2S2/c1-7-11(8(2)16-20(14,17)18)19-12(15-7)9-3-5-10(13)6-4-9/h3-6,8,16H,1-2H3,(H2,14,17,18). The first kappa shape index (κ1) is 15.4. The van der Waals surface area contributed by atoms with Crippen LogP contribution >= 0.6 is 22.9 Å². The quantitative estimate of drug-likeness (QED) is 0.903. The molecule has 108 valence electrons. The molecular formula is C12H14ClN3O2S2. The van der Waals surface area contributed by atoms with Crippen molar-refractivity contribution < 1.29 is 8.42 Å². The van der Waals surface area contributed by atoms with Crippen LogP contribution in [0, 0.1) is 6.92 Å². The lowest BCUT2D eigenvalue weighted by atomic mass is 10.2. The fourth-order valence-corrected chi connectivity index (χ4v) is 3.71. The highest BCUT2D eigenvalue weighted by Gasteiger charge is 2.18. The molecule has 8 heteroatoms. The van der Waals surface area contributed by atoms with Crippen molar-refractivity contribution in [3.63, 3.8) is 0 Å². The van der Waals surface area contributed by atoms with Gasteiger partial charge in [0.25, 0.3) is 10.2 Å². The predicted octanol–water partition coefficient (Wildman–Crippen LogP) is 2.63. The summed E-state index contributed by atoms with van der Waals surface area (Å²) < 4.78 is 24.5. The summed E-state index contributed by atoms with van der Waals surface area (Å²) in [5, 5.41) is 6.46. The van der Waals surface area contributed by atoms with Gasteiger partial charge >= 0.3 is 0 Å². The zero-order valence-corrected chi connectivity index (χ0v) is 13.3. The maximum absolute atomic E-state index is 11.1. The number of halogens is 1. The predicted molar refractivity (Wildman–Crippen MR) is 82.0 cm³/mol. The van der Waals surface area contributed by atoms with Gasteiger partial charge < -0.3 is 0 Å². The number of aromatic nitrogens is 1. The van der Waals surface area contributed by atoms with Crippen molar-refractivity contribution in [2.24, 2.45) is 5.14 Å². The number of nitrogens with one attached hydrogen (secondary N) is 1. The van der Waals surface area contributed by atoms with Gasteiger partial charge in [0.05, 0.1) is 11.7 Å². The Morgan fingerprint density at radius 2 is 1.95 bits per heavy atom. The Balaban J connectivity index is 2.32. The number of aryl methyl sites for hydroxylation is 1. The fraction of sp³-hybridized carbons (Fsp3) is 0.250. The van der Waals surface area contributed by atoms with Crippen molar-refractivity contribution in [3.05, 3.63) is 39.9 Å². The zero-order chi connectivity index (χ0) is 14.9. The van der Waals surface area contributed by atoms with E-state index in [1.807, 2.05) is 19.1 Å². The van der Waals surface area contributed by atoms with Gasteiger partial charge in [-0.1, -0.05) is 23.7 Å². The normalized spacial score (nSPS) is 13.4. The van der Waals surface area contributed by atoms with E-state index in [1.165, 1.54) is 11.3 Å². The number of hydrogen-bond donors (Lipinski definition) is 2. The Bertz CT molecular complexity index is 711. The molecule has 0 aliphatic heterocycles. The largest absolute Gasteiger partial charge is 0.274 e. The second-order valence-electron chi connectivity index (χ2n) is 4.36. The minimum absolute atomic E-state index is 0.413. The first-order valence-electron chi connectivity index (χ1n) is 5.79. The number of nitrogens with two attached hydrogens (primary N) is 1. The molecule has 0 saturated carbocycles. The van der Waals surface area contributed by atoms with Crippen molar-refractivity contribution >= 4 is 33.1 Å².